The minimum Gasteiger partial charge on any atom is -0.462 e. The normalized spacial score (nSPS) is 13.0. The van der Waals surface area contributed by atoms with Crippen molar-refractivity contribution in [3.63, 3.8) is 0 Å². The fourth-order valence-corrected chi connectivity index (χ4v) is 7.75. The number of carbonyl (C=O) groups is 3. The van der Waals surface area contributed by atoms with Gasteiger partial charge in [-0.25, -0.2) is 0 Å². The van der Waals surface area contributed by atoms with E-state index in [1.807, 2.05) is 0 Å². The van der Waals surface area contributed by atoms with Gasteiger partial charge in [0.15, 0.2) is 6.10 Å². The topological polar surface area (TPSA) is 78.9 Å². The summed E-state index contributed by atoms with van der Waals surface area (Å²) in [6, 6.07) is 0. The first-order chi connectivity index (χ1) is 28.3. The summed E-state index contributed by atoms with van der Waals surface area (Å²) in [6.07, 6.45) is 45.2. The molecule has 0 aliphatic carbocycles. The molecule has 0 aliphatic rings. The molecular formula is C52H100O6. The van der Waals surface area contributed by atoms with E-state index in [0.717, 1.165) is 69.6 Å². The zero-order valence-corrected chi connectivity index (χ0v) is 39.7. The first kappa shape index (κ1) is 56.4. The molecule has 344 valence electrons. The van der Waals surface area contributed by atoms with Crippen molar-refractivity contribution in [2.45, 2.75) is 291 Å². The summed E-state index contributed by atoms with van der Waals surface area (Å²) in [5.41, 5.74) is 0. The van der Waals surface area contributed by atoms with Gasteiger partial charge in [0.2, 0.25) is 0 Å². The molecule has 0 radical (unpaired) electrons. The van der Waals surface area contributed by atoms with E-state index in [9.17, 15) is 14.4 Å². The molecule has 6 heteroatoms. The largest absolute Gasteiger partial charge is 0.462 e. The van der Waals surface area contributed by atoms with E-state index in [0.29, 0.717) is 19.3 Å². The lowest BCUT2D eigenvalue weighted by Gasteiger charge is -2.18. The van der Waals surface area contributed by atoms with Crippen molar-refractivity contribution in [3.8, 4) is 0 Å². The SMILES string of the molecule is CCCCCCCCCCCCCCCCCCCCC(=O)O[C@@H](COC(=O)CCCCCCCCCCC(C)CC)COC(=O)CCCCCCCCC(C)CC. The molecule has 0 fully saturated rings. The Morgan fingerprint density at radius 1 is 0.345 bits per heavy atom. The van der Waals surface area contributed by atoms with Crippen LogP contribution in [0.1, 0.15) is 285 Å². The van der Waals surface area contributed by atoms with Crippen molar-refractivity contribution < 1.29 is 28.6 Å². The molecule has 3 atom stereocenters. The molecule has 0 heterocycles. The van der Waals surface area contributed by atoms with E-state index in [2.05, 4.69) is 34.6 Å². The van der Waals surface area contributed by atoms with Crippen molar-refractivity contribution in [2.24, 2.45) is 11.8 Å². The highest BCUT2D eigenvalue weighted by molar-refractivity contribution is 5.71. The maximum atomic E-state index is 12.8. The quantitative estimate of drug-likeness (QED) is 0.0346. The molecule has 0 aromatic heterocycles. The van der Waals surface area contributed by atoms with Crippen LogP contribution in [0.15, 0.2) is 0 Å². The zero-order valence-electron chi connectivity index (χ0n) is 39.7. The number of carbonyl (C=O) groups excluding carboxylic acids is 3. The average molecular weight is 821 g/mol. The van der Waals surface area contributed by atoms with E-state index in [-0.39, 0.29) is 31.1 Å². The maximum Gasteiger partial charge on any atom is 0.306 e. The second kappa shape index (κ2) is 44.9. The summed E-state index contributed by atoms with van der Waals surface area (Å²) in [7, 11) is 0. The van der Waals surface area contributed by atoms with Crippen molar-refractivity contribution in [1.82, 2.24) is 0 Å². The van der Waals surface area contributed by atoms with Gasteiger partial charge < -0.3 is 14.2 Å². The van der Waals surface area contributed by atoms with Crippen LogP contribution in [0.3, 0.4) is 0 Å². The summed E-state index contributed by atoms with van der Waals surface area (Å²) < 4.78 is 16.8. The Morgan fingerprint density at radius 3 is 0.897 bits per heavy atom. The van der Waals surface area contributed by atoms with Gasteiger partial charge in [-0.05, 0) is 31.1 Å². The van der Waals surface area contributed by atoms with Gasteiger partial charge in [-0.15, -0.1) is 0 Å². The van der Waals surface area contributed by atoms with Gasteiger partial charge in [-0.3, -0.25) is 14.4 Å². The van der Waals surface area contributed by atoms with E-state index < -0.39 is 6.10 Å². The van der Waals surface area contributed by atoms with Gasteiger partial charge in [0.05, 0.1) is 0 Å². The predicted molar refractivity (Wildman–Crippen MR) is 247 cm³/mol. The molecule has 0 aromatic rings. The molecule has 0 saturated heterocycles. The molecule has 2 unspecified atom stereocenters. The predicted octanol–water partition coefficient (Wildman–Crippen LogP) is 16.5. The van der Waals surface area contributed by atoms with Crippen molar-refractivity contribution in [1.29, 1.82) is 0 Å². The van der Waals surface area contributed by atoms with Gasteiger partial charge in [0.25, 0.3) is 0 Å². The third-order valence-electron chi connectivity index (χ3n) is 12.4. The van der Waals surface area contributed by atoms with E-state index in [1.165, 1.54) is 173 Å². The van der Waals surface area contributed by atoms with Crippen LogP contribution in [-0.4, -0.2) is 37.2 Å². The molecule has 0 saturated carbocycles. The lowest BCUT2D eigenvalue weighted by molar-refractivity contribution is -0.167. The molecule has 0 bridgehead atoms. The molecule has 0 amide bonds. The fraction of sp³-hybridized carbons (Fsp3) is 0.942. The molecule has 0 aliphatic heterocycles. The minimum atomic E-state index is -0.762. The Hall–Kier alpha value is -1.59. The summed E-state index contributed by atoms with van der Waals surface area (Å²) in [5, 5.41) is 0. The molecule has 0 rings (SSSR count). The minimum absolute atomic E-state index is 0.0652. The first-order valence-corrected chi connectivity index (χ1v) is 25.8. The van der Waals surface area contributed by atoms with E-state index in [1.54, 1.807) is 0 Å². The van der Waals surface area contributed by atoms with Crippen LogP contribution in [0.2, 0.25) is 0 Å². The van der Waals surface area contributed by atoms with Crippen LogP contribution in [0, 0.1) is 11.8 Å². The maximum absolute atomic E-state index is 12.8. The number of rotatable bonds is 46. The Kier molecular flexibility index (Phi) is 43.7. The highest BCUT2D eigenvalue weighted by atomic mass is 16.6. The molecule has 6 nitrogen and oxygen atoms in total. The molecular weight excluding hydrogens is 721 g/mol. The molecule has 0 N–H and O–H groups in total. The Labute approximate surface area is 361 Å². The lowest BCUT2D eigenvalue weighted by atomic mass is 9.99. The zero-order chi connectivity index (χ0) is 42.6. The Bertz CT molecular complexity index is 889. The average Bonchev–Trinajstić information content (AvgIpc) is 3.22. The van der Waals surface area contributed by atoms with Gasteiger partial charge in [0, 0.05) is 19.3 Å². The lowest BCUT2D eigenvalue weighted by Crippen LogP contribution is -2.30. The standard InChI is InChI=1S/C52H100O6/c1-6-9-10-11-12-13-14-15-16-17-18-19-20-21-22-27-34-39-44-52(55)58-49(46-57-51(54)43-38-33-29-28-31-36-41-48(5)8-3)45-56-50(53)42-37-32-26-24-23-25-30-35-40-47(4)7-2/h47-49H,6-46H2,1-5H3/t47?,48?,49-/m0/s1. The van der Waals surface area contributed by atoms with Gasteiger partial charge in [0.1, 0.15) is 13.2 Å². The van der Waals surface area contributed by atoms with Crippen molar-refractivity contribution in [2.75, 3.05) is 13.2 Å². The monoisotopic (exact) mass is 821 g/mol. The highest BCUT2D eigenvalue weighted by Crippen LogP contribution is 2.18. The smallest absolute Gasteiger partial charge is 0.306 e. The molecule has 0 aromatic carbocycles. The number of ether oxygens (including phenoxy) is 3. The molecule has 58 heavy (non-hydrogen) atoms. The van der Waals surface area contributed by atoms with Crippen molar-refractivity contribution >= 4 is 17.9 Å². The van der Waals surface area contributed by atoms with Crippen LogP contribution in [0.4, 0.5) is 0 Å². The van der Waals surface area contributed by atoms with E-state index in [4.69, 9.17) is 14.2 Å². The van der Waals surface area contributed by atoms with Crippen LogP contribution < -0.4 is 0 Å². The van der Waals surface area contributed by atoms with Crippen LogP contribution in [0.25, 0.3) is 0 Å². The summed E-state index contributed by atoms with van der Waals surface area (Å²) >= 11 is 0. The highest BCUT2D eigenvalue weighted by Gasteiger charge is 2.19. The van der Waals surface area contributed by atoms with Crippen molar-refractivity contribution in [3.05, 3.63) is 0 Å². The third kappa shape index (κ3) is 42.5. The molecule has 0 spiro atoms. The second-order valence-corrected chi connectivity index (χ2v) is 18.3. The number of hydrogen-bond acceptors (Lipinski definition) is 6. The van der Waals surface area contributed by atoms with Gasteiger partial charge in [-0.1, -0.05) is 247 Å². The fourth-order valence-electron chi connectivity index (χ4n) is 7.75. The van der Waals surface area contributed by atoms with Crippen LogP contribution in [0.5, 0.6) is 0 Å². The summed E-state index contributed by atoms with van der Waals surface area (Å²) in [6.45, 7) is 11.3. The Balaban J connectivity index is 4.29. The number of esters is 3. The van der Waals surface area contributed by atoms with Crippen LogP contribution >= 0.6 is 0 Å². The third-order valence-corrected chi connectivity index (χ3v) is 12.4. The Morgan fingerprint density at radius 2 is 0.603 bits per heavy atom. The first-order valence-electron chi connectivity index (χ1n) is 25.8. The summed E-state index contributed by atoms with van der Waals surface area (Å²) in [5.74, 6) is 0.808. The number of unbranched alkanes of at least 4 members (excludes halogenated alkanes) is 29. The van der Waals surface area contributed by atoms with E-state index >= 15 is 0 Å². The van der Waals surface area contributed by atoms with Crippen LogP contribution in [-0.2, 0) is 28.6 Å². The second-order valence-electron chi connectivity index (χ2n) is 18.3. The van der Waals surface area contributed by atoms with Gasteiger partial charge >= 0.3 is 17.9 Å². The number of hydrogen-bond donors (Lipinski definition) is 0. The summed E-state index contributed by atoms with van der Waals surface area (Å²) in [4.78, 5) is 37.9. The van der Waals surface area contributed by atoms with Gasteiger partial charge in [-0.2, -0.15) is 0 Å².